The molecular formula is C18H23ClN4O4S. The van der Waals surface area contributed by atoms with Crippen molar-refractivity contribution in [2.45, 2.75) is 38.2 Å². The second-order valence-electron chi connectivity index (χ2n) is 6.18. The maximum Gasteiger partial charge on any atom is 0.240 e. The highest BCUT2D eigenvalue weighted by Crippen LogP contribution is 2.28. The summed E-state index contributed by atoms with van der Waals surface area (Å²) in [5.41, 5.74) is 0.967. The predicted octanol–water partition coefficient (Wildman–Crippen LogP) is 2.29. The normalized spacial score (nSPS) is 10.8. The minimum absolute atomic E-state index is 0.00292. The van der Waals surface area contributed by atoms with Gasteiger partial charge in [-0.1, -0.05) is 23.4 Å². The molecule has 0 radical (unpaired) electrons. The molecule has 10 heteroatoms. The second-order valence-corrected chi connectivity index (χ2v) is 7.56. The van der Waals surface area contributed by atoms with Gasteiger partial charge in [0.2, 0.25) is 11.8 Å². The smallest absolute Gasteiger partial charge is 0.240 e. The summed E-state index contributed by atoms with van der Waals surface area (Å²) in [6.45, 7) is 3.49. The number of thioether (sulfide) groups is 1. The third-order valence-corrected chi connectivity index (χ3v) is 4.81. The molecule has 0 saturated carbocycles. The standard InChI is InChI=1S/C18H23ClN4O4S/c1-11(2)21-16(25)8-23-13(9-24)7-20-18(23)28-10-17(26)22-14-6-12(19)4-5-15(14)27-3/h4-7,11,24H,8-10H2,1-3H3,(H,21,25)(H,22,26). The number of halogens is 1. The maximum atomic E-state index is 12.3. The fourth-order valence-electron chi connectivity index (χ4n) is 2.41. The largest absolute Gasteiger partial charge is 0.495 e. The molecule has 1 aromatic heterocycles. The van der Waals surface area contributed by atoms with Gasteiger partial charge in [0.25, 0.3) is 0 Å². The van der Waals surface area contributed by atoms with E-state index in [-0.39, 0.29) is 36.8 Å². The molecule has 0 saturated heterocycles. The summed E-state index contributed by atoms with van der Waals surface area (Å²) in [6.07, 6.45) is 1.49. The van der Waals surface area contributed by atoms with Crippen LogP contribution in [0.3, 0.4) is 0 Å². The van der Waals surface area contributed by atoms with Crippen molar-refractivity contribution in [1.29, 1.82) is 0 Å². The molecule has 2 amide bonds. The van der Waals surface area contributed by atoms with E-state index in [4.69, 9.17) is 16.3 Å². The van der Waals surface area contributed by atoms with Gasteiger partial charge in [-0.25, -0.2) is 4.98 Å². The van der Waals surface area contributed by atoms with Crippen molar-refractivity contribution in [3.05, 3.63) is 35.1 Å². The van der Waals surface area contributed by atoms with Crippen LogP contribution < -0.4 is 15.4 Å². The van der Waals surface area contributed by atoms with Gasteiger partial charge >= 0.3 is 0 Å². The van der Waals surface area contributed by atoms with Crippen molar-refractivity contribution in [2.75, 3.05) is 18.2 Å². The van der Waals surface area contributed by atoms with Crippen LogP contribution in [0.5, 0.6) is 5.75 Å². The van der Waals surface area contributed by atoms with E-state index in [1.54, 1.807) is 22.8 Å². The molecule has 152 valence electrons. The molecule has 0 spiro atoms. The van der Waals surface area contributed by atoms with Gasteiger partial charge in [-0.2, -0.15) is 0 Å². The number of benzene rings is 1. The molecule has 0 fully saturated rings. The summed E-state index contributed by atoms with van der Waals surface area (Å²) < 4.78 is 6.80. The molecule has 1 heterocycles. The maximum absolute atomic E-state index is 12.3. The highest BCUT2D eigenvalue weighted by molar-refractivity contribution is 7.99. The third kappa shape index (κ3) is 6.15. The molecule has 28 heavy (non-hydrogen) atoms. The minimum atomic E-state index is -0.280. The first-order valence-corrected chi connectivity index (χ1v) is 9.91. The molecule has 0 aliphatic heterocycles. The van der Waals surface area contributed by atoms with Crippen molar-refractivity contribution in [2.24, 2.45) is 0 Å². The number of aliphatic hydroxyl groups excluding tert-OH is 1. The topological polar surface area (TPSA) is 105 Å². The lowest BCUT2D eigenvalue weighted by molar-refractivity contribution is -0.122. The molecule has 0 unspecified atom stereocenters. The lowest BCUT2D eigenvalue weighted by atomic mass is 10.3. The van der Waals surface area contributed by atoms with E-state index in [0.29, 0.717) is 27.3 Å². The van der Waals surface area contributed by atoms with Gasteiger partial charge < -0.3 is 25.0 Å². The van der Waals surface area contributed by atoms with Gasteiger partial charge in [0, 0.05) is 11.1 Å². The number of carbonyl (C=O) groups is 2. The first kappa shape index (κ1) is 22.1. The van der Waals surface area contributed by atoms with Gasteiger partial charge in [0.1, 0.15) is 12.3 Å². The SMILES string of the molecule is COc1ccc(Cl)cc1NC(=O)CSc1ncc(CO)n1CC(=O)NC(C)C. The Morgan fingerprint density at radius 2 is 2.11 bits per heavy atom. The van der Waals surface area contributed by atoms with Gasteiger partial charge in [0.05, 0.1) is 37.0 Å². The lowest BCUT2D eigenvalue weighted by Gasteiger charge is -2.13. The Morgan fingerprint density at radius 3 is 2.75 bits per heavy atom. The molecule has 0 aliphatic rings. The zero-order chi connectivity index (χ0) is 20.7. The number of hydrogen-bond acceptors (Lipinski definition) is 6. The van der Waals surface area contributed by atoms with Gasteiger partial charge in [-0.05, 0) is 32.0 Å². The summed E-state index contributed by atoms with van der Waals surface area (Å²) in [4.78, 5) is 28.6. The molecule has 0 atom stereocenters. The van der Waals surface area contributed by atoms with Crippen LogP contribution in [0.2, 0.25) is 5.02 Å². The number of anilines is 1. The first-order valence-electron chi connectivity index (χ1n) is 8.54. The Morgan fingerprint density at radius 1 is 1.36 bits per heavy atom. The van der Waals surface area contributed by atoms with E-state index < -0.39 is 0 Å². The first-order chi connectivity index (χ1) is 13.3. The Bertz CT molecular complexity index is 841. The van der Waals surface area contributed by atoms with Crippen LogP contribution in [-0.2, 0) is 22.7 Å². The van der Waals surface area contributed by atoms with Crippen molar-refractivity contribution < 1.29 is 19.4 Å². The molecule has 8 nitrogen and oxygen atoms in total. The van der Waals surface area contributed by atoms with Gasteiger partial charge in [0.15, 0.2) is 5.16 Å². The van der Waals surface area contributed by atoms with Crippen LogP contribution in [0.25, 0.3) is 0 Å². The summed E-state index contributed by atoms with van der Waals surface area (Å²) in [5, 5.41) is 16.0. The Kier molecular flexibility index (Phi) is 8.16. The Labute approximate surface area is 172 Å². The molecule has 0 bridgehead atoms. The van der Waals surface area contributed by atoms with Gasteiger partial charge in [-0.15, -0.1) is 0 Å². The Hall–Kier alpha value is -2.23. The number of methoxy groups -OCH3 is 1. The zero-order valence-corrected chi connectivity index (χ0v) is 17.4. The molecule has 3 N–H and O–H groups in total. The second kappa shape index (κ2) is 10.4. The Balaban J connectivity index is 2.04. The van der Waals surface area contributed by atoms with Crippen LogP contribution in [0.15, 0.2) is 29.6 Å². The van der Waals surface area contributed by atoms with Crippen LogP contribution in [0, 0.1) is 0 Å². The highest BCUT2D eigenvalue weighted by Gasteiger charge is 2.16. The molecular weight excluding hydrogens is 404 g/mol. The van der Waals surface area contributed by atoms with Gasteiger partial charge in [-0.3, -0.25) is 9.59 Å². The number of carbonyl (C=O) groups excluding carboxylic acids is 2. The van der Waals surface area contributed by atoms with Crippen molar-refractivity contribution >= 4 is 40.9 Å². The third-order valence-electron chi connectivity index (χ3n) is 3.58. The number of rotatable bonds is 9. The number of hydrogen-bond donors (Lipinski definition) is 3. The summed E-state index contributed by atoms with van der Waals surface area (Å²) in [5.74, 6) is 0.0794. The van der Waals surface area contributed by atoms with E-state index >= 15 is 0 Å². The average molecular weight is 427 g/mol. The number of aliphatic hydroxyl groups is 1. The van der Waals surface area contributed by atoms with E-state index in [2.05, 4.69) is 15.6 Å². The van der Waals surface area contributed by atoms with E-state index in [1.165, 1.54) is 13.3 Å². The van der Waals surface area contributed by atoms with Crippen molar-refractivity contribution in [3.63, 3.8) is 0 Å². The van der Waals surface area contributed by atoms with Crippen LogP contribution in [0.1, 0.15) is 19.5 Å². The monoisotopic (exact) mass is 426 g/mol. The van der Waals surface area contributed by atoms with Crippen molar-refractivity contribution in [1.82, 2.24) is 14.9 Å². The molecule has 1 aromatic carbocycles. The molecule has 2 rings (SSSR count). The number of amides is 2. The number of imidazole rings is 1. The number of aromatic nitrogens is 2. The van der Waals surface area contributed by atoms with Crippen LogP contribution in [-0.4, -0.2) is 45.4 Å². The van der Waals surface area contributed by atoms with Crippen LogP contribution >= 0.6 is 23.4 Å². The van der Waals surface area contributed by atoms with Crippen LogP contribution in [0.4, 0.5) is 5.69 Å². The summed E-state index contributed by atoms with van der Waals surface area (Å²) in [7, 11) is 1.50. The molecule has 0 aliphatic carbocycles. The zero-order valence-electron chi connectivity index (χ0n) is 15.9. The summed E-state index contributed by atoms with van der Waals surface area (Å²) in [6, 6.07) is 4.94. The predicted molar refractivity (Wildman–Crippen MR) is 109 cm³/mol. The fraction of sp³-hybridized carbons (Fsp3) is 0.389. The van der Waals surface area contributed by atoms with E-state index in [1.807, 2.05) is 13.8 Å². The minimum Gasteiger partial charge on any atom is -0.495 e. The van der Waals surface area contributed by atoms with E-state index in [9.17, 15) is 14.7 Å². The average Bonchev–Trinajstić information content (AvgIpc) is 3.01. The summed E-state index contributed by atoms with van der Waals surface area (Å²) >= 11 is 7.13. The highest BCUT2D eigenvalue weighted by atomic mass is 35.5. The lowest BCUT2D eigenvalue weighted by Crippen LogP contribution is -2.33. The fourth-order valence-corrected chi connectivity index (χ4v) is 3.38. The number of nitrogens with zero attached hydrogens (tertiary/aromatic N) is 2. The quantitative estimate of drug-likeness (QED) is 0.531. The van der Waals surface area contributed by atoms with Crippen molar-refractivity contribution in [3.8, 4) is 5.75 Å². The number of ether oxygens (including phenoxy) is 1. The molecule has 2 aromatic rings. The van der Waals surface area contributed by atoms with E-state index in [0.717, 1.165) is 11.8 Å². The number of nitrogens with one attached hydrogen (secondary N) is 2.